The molecule has 1 atom stereocenters. The van der Waals surface area contributed by atoms with Gasteiger partial charge in [-0.15, -0.1) is 23.7 Å². The minimum Gasteiger partial charge on any atom is -0.352 e. The van der Waals surface area contributed by atoms with Crippen LogP contribution in [0.15, 0.2) is 53.5 Å². The van der Waals surface area contributed by atoms with Gasteiger partial charge in [-0.3, -0.25) is 0 Å². The Kier molecular flexibility index (Phi) is 7.41. The highest BCUT2D eigenvalue weighted by molar-refractivity contribution is 7.12. The van der Waals surface area contributed by atoms with Crippen molar-refractivity contribution in [3.8, 4) is 0 Å². The number of piperazine rings is 1. The van der Waals surface area contributed by atoms with E-state index in [-0.39, 0.29) is 23.6 Å². The number of para-hydroxylation sites is 1. The summed E-state index contributed by atoms with van der Waals surface area (Å²) < 4.78 is 13.6. The average Bonchev–Trinajstić information content (AvgIpc) is 3.15. The Balaban J connectivity index is 0.00000274. The second kappa shape index (κ2) is 10.1. The molecule has 0 amide bonds. The van der Waals surface area contributed by atoms with Gasteiger partial charge >= 0.3 is 0 Å². The van der Waals surface area contributed by atoms with Gasteiger partial charge in [0.1, 0.15) is 11.5 Å². The van der Waals surface area contributed by atoms with Crippen molar-refractivity contribution in [2.24, 2.45) is 4.99 Å². The van der Waals surface area contributed by atoms with E-state index in [1.54, 1.807) is 12.1 Å². The van der Waals surface area contributed by atoms with Crippen LogP contribution in [0.25, 0.3) is 0 Å². The number of aromatic nitrogens is 1. The number of thiazole rings is 1. The van der Waals surface area contributed by atoms with Crippen LogP contribution in [0.5, 0.6) is 0 Å². The highest BCUT2D eigenvalue weighted by Crippen LogP contribution is 2.36. The van der Waals surface area contributed by atoms with Crippen LogP contribution < -0.4 is 5.32 Å². The number of halogens is 2. The number of aryl methyl sites for hydroxylation is 1. The molecule has 180 valence electrons. The molecule has 1 N–H and O–H groups in total. The van der Waals surface area contributed by atoms with Gasteiger partial charge in [0.05, 0.1) is 10.7 Å². The van der Waals surface area contributed by atoms with Crippen molar-refractivity contribution in [2.75, 3.05) is 19.6 Å². The van der Waals surface area contributed by atoms with Crippen molar-refractivity contribution in [3.63, 3.8) is 0 Å². The summed E-state index contributed by atoms with van der Waals surface area (Å²) in [5, 5.41) is 4.82. The highest BCUT2D eigenvalue weighted by atomic mass is 35.5. The van der Waals surface area contributed by atoms with Crippen LogP contribution in [-0.2, 0) is 18.3 Å². The molecule has 34 heavy (non-hydrogen) atoms. The molecule has 1 unspecified atom stereocenters. The van der Waals surface area contributed by atoms with Crippen LogP contribution in [-0.4, -0.2) is 41.4 Å². The van der Waals surface area contributed by atoms with Crippen molar-refractivity contribution < 1.29 is 4.39 Å². The van der Waals surface area contributed by atoms with Crippen LogP contribution in [0, 0.1) is 5.82 Å². The lowest BCUT2D eigenvalue weighted by molar-refractivity contribution is 0.281. The zero-order chi connectivity index (χ0) is 23.0. The fourth-order valence-electron chi connectivity index (χ4n) is 4.54. The second-order valence-corrected chi connectivity index (χ2v) is 11.1. The zero-order valence-corrected chi connectivity index (χ0v) is 21.6. The third-order valence-electron chi connectivity index (χ3n) is 6.35. The number of benzene rings is 2. The third kappa shape index (κ3) is 5.35. The van der Waals surface area contributed by atoms with Gasteiger partial charge in [-0.2, -0.15) is 0 Å². The number of nitrogens with one attached hydrogen (secondary N) is 1. The molecule has 1 aromatic heterocycles. The number of hydrogen-bond acceptors (Lipinski definition) is 5. The molecule has 2 aromatic carbocycles. The molecule has 1 saturated heterocycles. The second-order valence-electron chi connectivity index (χ2n) is 10.0. The van der Waals surface area contributed by atoms with Gasteiger partial charge in [0.25, 0.3) is 0 Å². The highest BCUT2D eigenvalue weighted by Gasteiger charge is 2.31. The van der Waals surface area contributed by atoms with Gasteiger partial charge in [0.2, 0.25) is 0 Å². The van der Waals surface area contributed by atoms with Crippen LogP contribution in [0.2, 0.25) is 0 Å². The quantitative estimate of drug-likeness (QED) is 0.489. The van der Waals surface area contributed by atoms with Crippen molar-refractivity contribution in [3.05, 3.63) is 81.1 Å². The molecular formula is C27H32ClFN4S. The summed E-state index contributed by atoms with van der Waals surface area (Å²) >= 11 is 1.83. The minimum absolute atomic E-state index is 0. The number of nitrogens with zero attached hydrogens (tertiary/aromatic N) is 3. The topological polar surface area (TPSA) is 40.5 Å². The Morgan fingerprint density at radius 3 is 2.76 bits per heavy atom. The predicted octanol–water partition coefficient (Wildman–Crippen LogP) is 5.89. The number of rotatable bonds is 3. The first kappa shape index (κ1) is 24.8. The average molecular weight is 499 g/mol. The fourth-order valence-corrected chi connectivity index (χ4v) is 5.68. The van der Waals surface area contributed by atoms with E-state index in [0.29, 0.717) is 6.04 Å². The number of hydrogen-bond donors (Lipinski definition) is 1. The van der Waals surface area contributed by atoms with E-state index in [4.69, 9.17) is 9.98 Å². The summed E-state index contributed by atoms with van der Waals surface area (Å²) in [6, 6.07) is 15.7. The molecule has 0 saturated carbocycles. The summed E-state index contributed by atoms with van der Waals surface area (Å²) in [4.78, 5) is 14.0. The first-order chi connectivity index (χ1) is 15.9. The minimum atomic E-state index is -0.164. The summed E-state index contributed by atoms with van der Waals surface area (Å²) in [6.07, 6.45) is 2.69. The van der Waals surface area contributed by atoms with Gasteiger partial charge in [0.15, 0.2) is 5.84 Å². The maximum absolute atomic E-state index is 13.6. The van der Waals surface area contributed by atoms with Gasteiger partial charge in [-0.25, -0.2) is 14.4 Å². The molecule has 1 fully saturated rings. The lowest BCUT2D eigenvalue weighted by atomic mass is 9.98. The summed E-state index contributed by atoms with van der Waals surface area (Å²) in [6.45, 7) is 9.35. The van der Waals surface area contributed by atoms with Crippen molar-refractivity contribution in [1.29, 1.82) is 0 Å². The SMILES string of the molecule is CC(C)(C)c1nc2c(s1)Cc1ccccc1N=C2N1CCNC(CCc2cccc(F)c2)C1.Cl. The third-order valence-corrected chi connectivity index (χ3v) is 7.83. The molecule has 7 heteroatoms. The Bertz CT molecular complexity index is 1180. The molecule has 0 bridgehead atoms. The molecule has 0 radical (unpaired) electrons. The molecule has 0 spiro atoms. The van der Waals surface area contributed by atoms with E-state index in [0.717, 1.165) is 66.7 Å². The van der Waals surface area contributed by atoms with E-state index >= 15 is 0 Å². The predicted molar refractivity (Wildman–Crippen MR) is 142 cm³/mol. The van der Waals surface area contributed by atoms with E-state index in [2.05, 4.69) is 55.3 Å². The molecule has 3 aromatic rings. The molecule has 4 nitrogen and oxygen atoms in total. The Labute approximate surface area is 211 Å². The van der Waals surface area contributed by atoms with Crippen LogP contribution in [0.3, 0.4) is 0 Å². The maximum Gasteiger partial charge on any atom is 0.156 e. The number of aliphatic imine (C=N–C) groups is 1. The van der Waals surface area contributed by atoms with E-state index in [1.165, 1.54) is 16.5 Å². The first-order valence-electron chi connectivity index (χ1n) is 11.8. The zero-order valence-electron chi connectivity index (χ0n) is 20.0. The molecule has 0 aliphatic carbocycles. The molecule has 2 aliphatic rings. The van der Waals surface area contributed by atoms with Gasteiger partial charge in [-0.05, 0) is 42.2 Å². The van der Waals surface area contributed by atoms with E-state index in [9.17, 15) is 4.39 Å². The smallest absolute Gasteiger partial charge is 0.156 e. The fraction of sp³-hybridized carbons (Fsp3) is 0.407. The van der Waals surface area contributed by atoms with Gasteiger partial charge < -0.3 is 10.2 Å². The number of amidine groups is 1. The first-order valence-corrected chi connectivity index (χ1v) is 12.6. The van der Waals surface area contributed by atoms with Crippen molar-refractivity contribution in [1.82, 2.24) is 15.2 Å². The van der Waals surface area contributed by atoms with Crippen LogP contribution in [0.4, 0.5) is 10.1 Å². The number of fused-ring (bicyclic) bond motifs is 2. The lowest BCUT2D eigenvalue weighted by Crippen LogP contribution is -2.53. The van der Waals surface area contributed by atoms with E-state index < -0.39 is 0 Å². The van der Waals surface area contributed by atoms with E-state index in [1.807, 2.05) is 17.4 Å². The standard InChI is InChI=1S/C27H31FN4S.ClH/c1-27(2,3)26-31-24-23(33-26)16-19-8-4-5-10-22(19)30-25(24)32-14-13-29-21(17-32)12-11-18-7-6-9-20(28)15-18;/h4-10,15,21,29H,11-14,16-17H2,1-3H3;1H. The largest absolute Gasteiger partial charge is 0.352 e. The summed E-state index contributed by atoms with van der Waals surface area (Å²) in [5.41, 5.74) is 4.41. The van der Waals surface area contributed by atoms with Crippen LogP contribution in [0.1, 0.15) is 53.9 Å². The normalized spacial score (nSPS) is 17.8. The Morgan fingerprint density at radius 1 is 1.15 bits per heavy atom. The molecule has 5 rings (SSSR count). The molecular weight excluding hydrogens is 467 g/mol. The monoisotopic (exact) mass is 498 g/mol. The summed E-state index contributed by atoms with van der Waals surface area (Å²) in [5.74, 6) is 0.835. The van der Waals surface area contributed by atoms with Crippen molar-refractivity contribution in [2.45, 2.75) is 51.5 Å². The maximum atomic E-state index is 13.6. The lowest BCUT2D eigenvalue weighted by Gasteiger charge is -2.35. The van der Waals surface area contributed by atoms with Gasteiger partial charge in [-0.1, -0.05) is 51.1 Å². The molecule has 3 heterocycles. The molecule has 2 aliphatic heterocycles. The van der Waals surface area contributed by atoms with Gasteiger partial charge in [0, 0.05) is 42.4 Å². The Hall–Kier alpha value is -2.28. The van der Waals surface area contributed by atoms with Crippen LogP contribution >= 0.6 is 23.7 Å². The Morgan fingerprint density at radius 2 is 1.97 bits per heavy atom. The van der Waals surface area contributed by atoms with Crippen molar-refractivity contribution >= 4 is 35.3 Å². The summed E-state index contributed by atoms with van der Waals surface area (Å²) in [7, 11) is 0.